The number of hydrogen-bond acceptors (Lipinski definition) is 2. The second-order valence-electron chi connectivity index (χ2n) is 7.60. The molecule has 132 valence electrons. The minimum atomic E-state index is 0.696. The number of hydrogen-bond donors (Lipinski definition) is 0. The van der Waals surface area contributed by atoms with Gasteiger partial charge in [0.2, 0.25) is 0 Å². The minimum Gasteiger partial charge on any atom is -0.298 e. The smallest absolute Gasteiger partial charge is 0.0783 e. The second-order valence-corrected chi connectivity index (χ2v) is 7.60. The topological polar surface area (TPSA) is 16.1 Å². The maximum atomic E-state index is 5.15. The van der Waals surface area contributed by atoms with Crippen molar-refractivity contribution in [2.45, 2.75) is 26.8 Å². The summed E-state index contributed by atoms with van der Waals surface area (Å²) in [6.07, 6.45) is 1.04. The lowest BCUT2D eigenvalue weighted by Gasteiger charge is -2.30. The van der Waals surface area contributed by atoms with Crippen LogP contribution < -0.4 is 0 Å². The monoisotopic (exact) mass is 342 g/mol. The van der Waals surface area contributed by atoms with Gasteiger partial charge in [-0.3, -0.25) is 9.88 Å². The maximum absolute atomic E-state index is 5.15. The molecule has 1 aliphatic heterocycles. The molecule has 2 nitrogen and oxygen atoms in total. The normalized spacial score (nSPS) is 14.4. The van der Waals surface area contributed by atoms with Gasteiger partial charge in [0.25, 0.3) is 0 Å². The van der Waals surface area contributed by atoms with E-state index in [0.29, 0.717) is 5.92 Å². The van der Waals surface area contributed by atoms with Crippen LogP contribution in [0.1, 0.15) is 25.1 Å². The average Bonchev–Trinajstić information content (AvgIpc) is 2.68. The SMILES string of the molecule is CC(C)CN1CCc2nc(-c3ccccc3)c(-c3ccccc3)cc2C1. The lowest BCUT2D eigenvalue weighted by atomic mass is 9.94. The number of benzene rings is 2. The van der Waals surface area contributed by atoms with Crippen molar-refractivity contribution in [1.82, 2.24) is 9.88 Å². The highest BCUT2D eigenvalue weighted by atomic mass is 15.1. The van der Waals surface area contributed by atoms with Crippen molar-refractivity contribution in [3.05, 3.63) is 78.0 Å². The summed E-state index contributed by atoms with van der Waals surface area (Å²) in [7, 11) is 0. The molecule has 0 bridgehead atoms. The molecule has 2 heteroatoms. The molecular weight excluding hydrogens is 316 g/mol. The molecule has 1 aliphatic rings. The first-order chi connectivity index (χ1) is 12.7. The van der Waals surface area contributed by atoms with Gasteiger partial charge in [-0.15, -0.1) is 0 Å². The Morgan fingerprint density at radius 1 is 0.923 bits per heavy atom. The van der Waals surface area contributed by atoms with Gasteiger partial charge in [-0.1, -0.05) is 74.5 Å². The van der Waals surface area contributed by atoms with Crippen LogP contribution in [0.25, 0.3) is 22.4 Å². The predicted octanol–water partition coefficient (Wildman–Crippen LogP) is 5.43. The quantitative estimate of drug-likeness (QED) is 0.628. The van der Waals surface area contributed by atoms with Gasteiger partial charge < -0.3 is 0 Å². The second kappa shape index (κ2) is 7.43. The van der Waals surface area contributed by atoms with Gasteiger partial charge in [-0.2, -0.15) is 0 Å². The minimum absolute atomic E-state index is 0.696. The van der Waals surface area contributed by atoms with Crippen LogP contribution in [0.2, 0.25) is 0 Å². The molecule has 0 unspecified atom stereocenters. The van der Waals surface area contributed by atoms with E-state index < -0.39 is 0 Å². The third kappa shape index (κ3) is 3.56. The van der Waals surface area contributed by atoms with Crippen molar-refractivity contribution in [2.24, 2.45) is 5.92 Å². The summed E-state index contributed by atoms with van der Waals surface area (Å²) < 4.78 is 0. The molecule has 2 aromatic carbocycles. The van der Waals surface area contributed by atoms with E-state index in [1.807, 2.05) is 0 Å². The molecule has 0 aliphatic carbocycles. The Hall–Kier alpha value is -2.45. The fourth-order valence-corrected chi connectivity index (χ4v) is 3.86. The summed E-state index contributed by atoms with van der Waals surface area (Å²) in [4.78, 5) is 7.71. The molecule has 0 saturated carbocycles. The zero-order valence-corrected chi connectivity index (χ0v) is 15.7. The third-order valence-electron chi connectivity index (χ3n) is 5.01. The van der Waals surface area contributed by atoms with E-state index in [-0.39, 0.29) is 0 Å². The highest BCUT2D eigenvalue weighted by Gasteiger charge is 2.21. The van der Waals surface area contributed by atoms with Crippen LogP contribution >= 0.6 is 0 Å². The van der Waals surface area contributed by atoms with E-state index in [0.717, 1.165) is 31.7 Å². The Kier molecular flexibility index (Phi) is 4.85. The van der Waals surface area contributed by atoms with Crippen molar-refractivity contribution >= 4 is 0 Å². The van der Waals surface area contributed by atoms with Crippen LogP contribution in [0.15, 0.2) is 66.7 Å². The van der Waals surface area contributed by atoms with Gasteiger partial charge in [0.1, 0.15) is 0 Å². The van der Waals surface area contributed by atoms with E-state index >= 15 is 0 Å². The zero-order valence-electron chi connectivity index (χ0n) is 15.7. The molecule has 0 spiro atoms. The van der Waals surface area contributed by atoms with E-state index in [9.17, 15) is 0 Å². The fraction of sp³-hybridized carbons (Fsp3) is 0.292. The lowest BCUT2D eigenvalue weighted by Crippen LogP contribution is -2.34. The van der Waals surface area contributed by atoms with Crippen LogP contribution in [-0.2, 0) is 13.0 Å². The molecule has 0 saturated heterocycles. The van der Waals surface area contributed by atoms with E-state index in [1.165, 1.54) is 27.9 Å². The van der Waals surface area contributed by atoms with E-state index in [2.05, 4.69) is 85.5 Å². The molecule has 0 radical (unpaired) electrons. The number of rotatable bonds is 4. The molecule has 0 amide bonds. The molecule has 4 rings (SSSR count). The van der Waals surface area contributed by atoms with E-state index in [1.54, 1.807) is 0 Å². The fourth-order valence-electron chi connectivity index (χ4n) is 3.86. The van der Waals surface area contributed by atoms with Crippen molar-refractivity contribution in [2.75, 3.05) is 13.1 Å². The Bertz CT molecular complexity index is 869. The number of aromatic nitrogens is 1. The molecule has 3 aromatic rings. The molecule has 0 fully saturated rings. The zero-order chi connectivity index (χ0) is 17.9. The average molecular weight is 342 g/mol. The molecule has 0 N–H and O–H groups in total. The van der Waals surface area contributed by atoms with Crippen molar-refractivity contribution < 1.29 is 0 Å². The summed E-state index contributed by atoms with van der Waals surface area (Å²) in [5, 5.41) is 0. The first kappa shape index (κ1) is 17.0. The van der Waals surface area contributed by atoms with Gasteiger partial charge in [-0.25, -0.2) is 0 Å². The van der Waals surface area contributed by atoms with Crippen LogP contribution in [0.4, 0.5) is 0 Å². The van der Waals surface area contributed by atoms with Crippen LogP contribution in [-0.4, -0.2) is 23.0 Å². The first-order valence-corrected chi connectivity index (χ1v) is 9.56. The predicted molar refractivity (Wildman–Crippen MR) is 109 cm³/mol. The van der Waals surface area contributed by atoms with Crippen molar-refractivity contribution in [3.8, 4) is 22.4 Å². The summed E-state index contributed by atoms with van der Waals surface area (Å²) >= 11 is 0. The molecule has 0 atom stereocenters. The van der Waals surface area contributed by atoms with Gasteiger partial charge in [0.15, 0.2) is 0 Å². The first-order valence-electron chi connectivity index (χ1n) is 9.56. The molecule has 1 aromatic heterocycles. The number of nitrogens with zero attached hydrogens (tertiary/aromatic N) is 2. The van der Waals surface area contributed by atoms with Crippen molar-refractivity contribution in [1.29, 1.82) is 0 Å². The van der Waals surface area contributed by atoms with E-state index in [4.69, 9.17) is 4.98 Å². The largest absolute Gasteiger partial charge is 0.298 e. The molecular formula is C24H26N2. The Labute approximate surface area is 156 Å². The maximum Gasteiger partial charge on any atom is 0.0783 e. The summed E-state index contributed by atoms with van der Waals surface area (Å²) in [6.45, 7) is 7.86. The molecule has 26 heavy (non-hydrogen) atoms. The highest BCUT2D eigenvalue weighted by molar-refractivity contribution is 5.81. The van der Waals surface area contributed by atoms with Crippen LogP contribution in [0.3, 0.4) is 0 Å². The number of fused-ring (bicyclic) bond motifs is 1. The summed E-state index contributed by atoms with van der Waals surface area (Å²) in [5.74, 6) is 0.696. The lowest BCUT2D eigenvalue weighted by molar-refractivity contribution is 0.225. The van der Waals surface area contributed by atoms with Gasteiger partial charge in [-0.05, 0) is 23.1 Å². The third-order valence-corrected chi connectivity index (χ3v) is 5.01. The van der Waals surface area contributed by atoms with Gasteiger partial charge in [0, 0.05) is 42.9 Å². The Balaban J connectivity index is 1.80. The van der Waals surface area contributed by atoms with Crippen molar-refractivity contribution in [3.63, 3.8) is 0 Å². The van der Waals surface area contributed by atoms with Gasteiger partial charge >= 0.3 is 0 Å². The Morgan fingerprint density at radius 2 is 1.58 bits per heavy atom. The summed E-state index contributed by atoms with van der Waals surface area (Å²) in [5.41, 5.74) is 7.43. The van der Waals surface area contributed by atoms with Crippen LogP contribution in [0, 0.1) is 5.92 Å². The Morgan fingerprint density at radius 3 is 2.23 bits per heavy atom. The highest BCUT2D eigenvalue weighted by Crippen LogP contribution is 2.34. The number of pyridine rings is 1. The summed E-state index contributed by atoms with van der Waals surface area (Å²) in [6, 6.07) is 23.6. The standard InChI is InChI=1S/C24H26N2/c1-18(2)16-26-14-13-23-21(17-26)15-22(19-9-5-3-6-10-19)24(25-23)20-11-7-4-8-12-20/h3-12,15,18H,13-14,16-17H2,1-2H3. The van der Waals surface area contributed by atoms with Gasteiger partial charge in [0.05, 0.1) is 5.69 Å². The molecule has 2 heterocycles. The van der Waals surface area contributed by atoms with Crippen LogP contribution in [0.5, 0.6) is 0 Å².